The van der Waals surface area contributed by atoms with E-state index in [0.29, 0.717) is 24.3 Å². The number of rotatable bonds is 2. The van der Waals surface area contributed by atoms with Crippen molar-refractivity contribution in [3.63, 3.8) is 0 Å². The summed E-state index contributed by atoms with van der Waals surface area (Å²) in [6.45, 7) is 0.200. The van der Waals surface area contributed by atoms with Crippen molar-refractivity contribution in [3.8, 4) is 23.8 Å². The van der Waals surface area contributed by atoms with Crippen LogP contribution < -0.4 is 14.4 Å². The van der Waals surface area contributed by atoms with E-state index in [0.717, 1.165) is 11.3 Å². The topological polar surface area (TPSA) is 38.8 Å². The molecule has 2 aromatic carbocycles. The number of hydrogen-bond acceptors (Lipinski definition) is 3. The van der Waals surface area contributed by atoms with Crippen LogP contribution in [-0.4, -0.2) is 12.7 Å². The van der Waals surface area contributed by atoms with Gasteiger partial charge in [0.2, 0.25) is 12.7 Å². The quantitative estimate of drug-likeness (QED) is 0.800. The van der Waals surface area contributed by atoms with E-state index >= 15 is 0 Å². The fraction of sp³-hybridized carbons (Fsp3) is 0.211. The molecular formula is C19H15NO3. The van der Waals surface area contributed by atoms with Crippen molar-refractivity contribution in [2.45, 2.75) is 18.4 Å². The molecule has 0 unspecified atom stereocenters. The number of anilines is 1. The fourth-order valence-corrected chi connectivity index (χ4v) is 3.32. The SMILES string of the molecule is C#C[C@@]1(c2ccccc2)CCC(=O)N1c1ccc2c(c1)OCO2. The molecule has 0 radical (unpaired) electrons. The lowest BCUT2D eigenvalue weighted by atomic mass is 9.87. The van der Waals surface area contributed by atoms with Crippen molar-refractivity contribution in [3.05, 3.63) is 54.1 Å². The third-order valence-corrected chi connectivity index (χ3v) is 4.44. The summed E-state index contributed by atoms with van der Waals surface area (Å²) in [6, 6.07) is 15.2. The number of terminal acetylenes is 1. The van der Waals surface area contributed by atoms with Crippen molar-refractivity contribution >= 4 is 11.6 Å². The van der Waals surface area contributed by atoms with Gasteiger partial charge in [-0.25, -0.2) is 0 Å². The van der Waals surface area contributed by atoms with Gasteiger partial charge in [0, 0.05) is 18.2 Å². The summed E-state index contributed by atoms with van der Waals surface area (Å²) < 4.78 is 10.8. The minimum absolute atomic E-state index is 0.0191. The normalized spacial score (nSPS) is 22.2. The highest BCUT2D eigenvalue weighted by Crippen LogP contribution is 2.45. The Balaban J connectivity index is 1.85. The van der Waals surface area contributed by atoms with E-state index in [-0.39, 0.29) is 12.7 Å². The summed E-state index contributed by atoms with van der Waals surface area (Å²) in [6.07, 6.45) is 6.93. The molecule has 23 heavy (non-hydrogen) atoms. The Bertz CT molecular complexity index is 809. The van der Waals surface area contributed by atoms with Gasteiger partial charge in [0.15, 0.2) is 11.5 Å². The first-order valence-corrected chi connectivity index (χ1v) is 7.51. The summed E-state index contributed by atoms with van der Waals surface area (Å²) in [5.41, 5.74) is 0.927. The summed E-state index contributed by atoms with van der Waals surface area (Å²) >= 11 is 0. The zero-order valence-electron chi connectivity index (χ0n) is 12.5. The van der Waals surface area contributed by atoms with Gasteiger partial charge in [-0.15, -0.1) is 6.42 Å². The first-order valence-electron chi connectivity index (χ1n) is 7.51. The van der Waals surface area contributed by atoms with Crippen molar-refractivity contribution in [2.24, 2.45) is 0 Å². The zero-order chi connectivity index (χ0) is 15.9. The van der Waals surface area contributed by atoms with Crippen molar-refractivity contribution in [2.75, 3.05) is 11.7 Å². The molecule has 2 heterocycles. The van der Waals surface area contributed by atoms with Gasteiger partial charge < -0.3 is 9.47 Å². The predicted octanol–water partition coefficient (Wildman–Crippen LogP) is 3.07. The van der Waals surface area contributed by atoms with Crippen LogP contribution in [0, 0.1) is 12.3 Å². The molecule has 1 fully saturated rings. The van der Waals surface area contributed by atoms with Gasteiger partial charge in [-0.05, 0) is 24.1 Å². The van der Waals surface area contributed by atoms with Gasteiger partial charge in [-0.1, -0.05) is 36.3 Å². The first kappa shape index (κ1) is 13.7. The third-order valence-electron chi connectivity index (χ3n) is 4.44. The molecule has 114 valence electrons. The number of carbonyl (C=O) groups is 1. The molecule has 0 aliphatic carbocycles. The van der Waals surface area contributed by atoms with Crippen LogP contribution in [0.1, 0.15) is 18.4 Å². The second kappa shape index (κ2) is 5.06. The molecule has 2 aromatic rings. The second-order valence-corrected chi connectivity index (χ2v) is 5.64. The number of benzene rings is 2. The Morgan fingerprint density at radius 1 is 1.09 bits per heavy atom. The molecule has 2 aliphatic rings. The Hall–Kier alpha value is -2.93. The van der Waals surface area contributed by atoms with Gasteiger partial charge in [-0.3, -0.25) is 9.69 Å². The smallest absolute Gasteiger partial charge is 0.231 e. The summed E-state index contributed by atoms with van der Waals surface area (Å²) in [5.74, 6) is 4.22. The molecule has 4 nitrogen and oxygen atoms in total. The molecule has 2 aliphatic heterocycles. The highest BCUT2D eigenvalue weighted by molar-refractivity contribution is 5.99. The average molecular weight is 305 g/mol. The maximum Gasteiger partial charge on any atom is 0.231 e. The molecule has 0 N–H and O–H groups in total. The van der Waals surface area contributed by atoms with E-state index in [1.807, 2.05) is 48.5 Å². The van der Waals surface area contributed by atoms with Gasteiger partial charge in [0.1, 0.15) is 5.54 Å². The zero-order valence-corrected chi connectivity index (χ0v) is 12.5. The molecule has 0 aromatic heterocycles. The molecule has 1 saturated heterocycles. The Labute approximate surface area is 134 Å². The molecular weight excluding hydrogens is 290 g/mol. The maximum absolute atomic E-state index is 12.6. The molecule has 4 rings (SSSR count). The standard InChI is InChI=1S/C19H15NO3/c1-2-19(14-6-4-3-5-7-14)11-10-18(21)20(19)15-8-9-16-17(12-15)23-13-22-16/h1,3-9,12H,10-11,13H2/t19-/m0/s1. The van der Waals surface area contributed by atoms with Gasteiger partial charge >= 0.3 is 0 Å². The van der Waals surface area contributed by atoms with Crippen LogP contribution in [0.15, 0.2) is 48.5 Å². The molecule has 1 amide bonds. The van der Waals surface area contributed by atoms with E-state index in [9.17, 15) is 4.79 Å². The van der Waals surface area contributed by atoms with Gasteiger partial charge in [0.25, 0.3) is 0 Å². The van der Waals surface area contributed by atoms with E-state index in [1.54, 1.807) is 4.90 Å². The second-order valence-electron chi connectivity index (χ2n) is 5.64. The molecule has 4 heteroatoms. The fourth-order valence-electron chi connectivity index (χ4n) is 3.32. The number of fused-ring (bicyclic) bond motifs is 1. The van der Waals surface area contributed by atoms with E-state index < -0.39 is 5.54 Å². The van der Waals surface area contributed by atoms with Crippen LogP contribution in [-0.2, 0) is 10.3 Å². The van der Waals surface area contributed by atoms with Crippen LogP contribution in [0.2, 0.25) is 0 Å². The highest BCUT2D eigenvalue weighted by Gasteiger charge is 2.46. The van der Waals surface area contributed by atoms with Crippen molar-refractivity contribution in [1.82, 2.24) is 0 Å². The molecule has 1 atom stereocenters. The van der Waals surface area contributed by atoms with Crippen LogP contribution in [0.3, 0.4) is 0 Å². The lowest BCUT2D eigenvalue weighted by molar-refractivity contribution is -0.117. The maximum atomic E-state index is 12.6. The monoisotopic (exact) mass is 305 g/mol. The average Bonchev–Trinajstić information content (AvgIpc) is 3.19. The van der Waals surface area contributed by atoms with Gasteiger partial charge in [0.05, 0.1) is 0 Å². The predicted molar refractivity (Wildman–Crippen MR) is 86.2 cm³/mol. The number of nitrogens with zero attached hydrogens (tertiary/aromatic N) is 1. The highest BCUT2D eigenvalue weighted by atomic mass is 16.7. The summed E-state index contributed by atoms with van der Waals surface area (Å²) in [7, 11) is 0. The summed E-state index contributed by atoms with van der Waals surface area (Å²) in [4.78, 5) is 14.3. The Kier molecular flexibility index (Phi) is 3.02. The number of ether oxygens (including phenoxy) is 2. The van der Waals surface area contributed by atoms with Crippen LogP contribution >= 0.6 is 0 Å². The largest absolute Gasteiger partial charge is 0.454 e. The minimum atomic E-state index is -0.758. The van der Waals surface area contributed by atoms with E-state index in [1.165, 1.54) is 0 Å². The van der Waals surface area contributed by atoms with Crippen LogP contribution in [0.25, 0.3) is 0 Å². The van der Waals surface area contributed by atoms with Crippen molar-refractivity contribution < 1.29 is 14.3 Å². The third kappa shape index (κ3) is 1.97. The van der Waals surface area contributed by atoms with E-state index in [4.69, 9.17) is 15.9 Å². The molecule has 0 saturated carbocycles. The van der Waals surface area contributed by atoms with Crippen LogP contribution in [0.5, 0.6) is 11.5 Å². The number of amides is 1. The molecule has 0 bridgehead atoms. The van der Waals surface area contributed by atoms with Gasteiger partial charge in [-0.2, -0.15) is 0 Å². The molecule has 0 spiro atoms. The summed E-state index contributed by atoms with van der Waals surface area (Å²) in [5, 5.41) is 0. The number of carbonyl (C=O) groups excluding carboxylic acids is 1. The minimum Gasteiger partial charge on any atom is -0.454 e. The first-order chi connectivity index (χ1) is 11.2. The Morgan fingerprint density at radius 3 is 2.65 bits per heavy atom. The van der Waals surface area contributed by atoms with E-state index in [2.05, 4.69) is 5.92 Å². The lowest BCUT2D eigenvalue weighted by Gasteiger charge is -2.34. The Morgan fingerprint density at radius 2 is 1.87 bits per heavy atom. The lowest BCUT2D eigenvalue weighted by Crippen LogP contribution is -2.42. The van der Waals surface area contributed by atoms with Crippen molar-refractivity contribution in [1.29, 1.82) is 0 Å². The van der Waals surface area contributed by atoms with Crippen LogP contribution in [0.4, 0.5) is 5.69 Å². The number of hydrogen-bond donors (Lipinski definition) is 0.